The van der Waals surface area contributed by atoms with Crippen molar-refractivity contribution in [1.29, 1.82) is 0 Å². The summed E-state index contributed by atoms with van der Waals surface area (Å²) in [4.78, 5) is 12.5. The number of aryl methyl sites for hydroxylation is 1. The fraction of sp³-hybridized carbons (Fsp3) is 0.381. The average Bonchev–Trinajstić information content (AvgIpc) is 3.30. The van der Waals surface area contributed by atoms with E-state index in [0.29, 0.717) is 0 Å². The first-order chi connectivity index (χ1) is 12.1. The summed E-state index contributed by atoms with van der Waals surface area (Å²) in [7, 11) is 0. The Balaban J connectivity index is 1.35. The molecular formula is C21H24N2O2. The lowest BCUT2D eigenvalue weighted by Crippen LogP contribution is -2.31. The normalized spacial score (nSPS) is 20.9. The zero-order chi connectivity index (χ0) is 17.3. The maximum Gasteiger partial charge on any atom is 0.228 e. The highest BCUT2D eigenvalue weighted by molar-refractivity contribution is 5.95. The van der Waals surface area contributed by atoms with E-state index in [9.17, 15) is 4.79 Å². The molecule has 1 spiro atoms. The van der Waals surface area contributed by atoms with Crippen molar-refractivity contribution < 1.29 is 9.53 Å². The predicted molar refractivity (Wildman–Crippen MR) is 99.0 cm³/mol. The maximum atomic E-state index is 12.5. The molecule has 1 heterocycles. The molecule has 1 unspecified atom stereocenters. The van der Waals surface area contributed by atoms with Gasteiger partial charge in [-0.05, 0) is 86.7 Å². The fourth-order valence-corrected chi connectivity index (χ4v) is 3.85. The Morgan fingerprint density at radius 2 is 1.88 bits per heavy atom. The van der Waals surface area contributed by atoms with Gasteiger partial charge in [-0.3, -0.25) is 4.79 Å². The fourth-order valence-electron chi connectivity index (χ4n) is 3.85. The van der Waals surface area contributed by atoms with Crippen LogP contribution in [0.5, 0.6) is 11.5 Å². The zero-order valence-electron chi connectivity index (χ0n) is 14.5. The number of carbonyl (C=O) groups excluding carboxylic acids is 1. The molecule has 4 nitrogen and oxygen atoms in total. The van der Waals surface area contributed by atoms with Crippen molar-refractivity contribution >= 4 is 11.6 Å². The minimum atomic E-state index is 0.161. The summed E-state index contributed by atoms with van der Waals surface area (Å²) in [6.07, 6.45) is 3.28. The van der Waals surface area contributed by atoms with Crippen molar-refractivity contribution in [2.45, 2.75) is 26.2 Å². The van der Waals surface area contributed by atoms with Gasteiger partial charge in [0.15, 0.2) is 0 Å². The molecule has 2 aromatic rings. The third kappa shape index (κ3) is 3.54. The Kier molecular flexibility index (Phi) is 4.22. The SMILES string of the molecule is Cc1cccc(Oc2ccc(NC(=O)C3CC34CCNCC4)cc2)c1. The second kappa shape index (κ2) is 6.52. The van der Waals surface area contributed by atoms with E-state index in [1.54, 1.807) is 0 Å². The molecule has 1 aliphatic heterocycles. The van der Waals surface area contributed by atoms with E-state index in [-0.39, 0.29) is 17.2 Å². The number of carbonyl (C=O) groups is 1. The number of hydrogen-bond donors (Lipinski definition) is 2. The van der Waals surface area contributed by atoms with Crippen LogP contribution in [0.15, 0.2) is 48.5 Å². The molecule has 4 rings (SSSR count). The van der Waals surface area contributed by atoms with E-state index in [1.807, 2.05) is 55.5 Å². The number of nitrogens with one attached hydrogen (secondary N) is 2. The molecular weight excluding hydrogens is 312 g/mol. The van der Waals surface area contributed by atoms with Gasteiger partial charge in [-0.25, -0.2) is 0 Å². The maximum absolute atomic E-state index is 12.5. The molecule has 4 heteroatoms. The molecule has 1 atom stereocenters. The monoisotopic (exact) mass is 336 g/mol. The van der Waals surface area contributed by atoms with Crippen LogP contribution >= 0.6 is 0 Å². The van der Waals surface area contributed by atoms with Crippen LogP contribution in [0.4, 0.5) is 5.69 Å². The number of benzene rings is 2. The topological polar surface area (TPSA) is 50.4 Å². The highest BCUT2D eigenvalue weighted by Gasteiger charge is 2.57. The highest BCUT2D eigenvalue weighted by atomic mass is 16.5. The van der Waals surface area contributed by atoms with Crippen molar-refractivity contribution in [3.05, 3.63) is 54.1 Å². The van der Waals surface area contributed by atoms with Crippen LogP contribution in [0.25, 0.3) is 0 Å². The van der Waals surface area contributed by atoms with Gasteiger partial charge in [0, 0.05) is 11.6 Å². The van der Waals surface area contributed by atoms with Crippen LogP contribution in [-0.2, 0) is 4.79 Å². The van der Waals surface area contributed by atoms with Gasteiger partial charge in [-0.15, -0.1) is 0 Å². The van der Waals surface area contributed by atoms with Gasteiger partial charge >= 0.3 is 0 Å². The smallest absolute Gasteiger partial charge is 0.228 e. The molecule has 2 aliphatic rings. The second-order valence-corrected chi connectivity index (χ2v) is 7.30. The second-order valence-electron chi connectivity index (χ2n) is 7.30. The van der Waals surface area contributed by atoms with Crippen LogP contribution in [0.3, 0.4) is 0 Å². The Hall–Kier alpha value is -2.33. The Labute approximate surface area is 148 Å². The summed E-state index contributed by atoms with van der Waals surface area (Å²) < 4.78 is 5.85. The van der Waals surface area contributed by atoms with Gasteiger partial charge in [0.2, 0.25) is 5.91 Å². The van der Waals surface area contributed by atoms with Crippen LogP contribution in [0, 0.1) is 18.3 Å². The summed E-state index contributed by atoms with van der Waals surface area (Å²) in [5.74, 6) is 1.93. The van der Waals surface area contributed by atoms with Crippen LogP contribution in [-0.4, -0.2) is 19.0 Å². The van der Waals surface area contributed by atoms with E-state index < -0.39 is 0 Å². The summed E-state index contributed by atoms with van der Waals surface area (Å²) in [6.45, 7) is 4.11. The molecule has 1 aliphatic carbocycles. The molecule has 2 aromatic carbocycles. The van der Waals surface area contributed by atoms with Crippen molar-refractivity contribution in [2.24, 2.45) is 11.3 Å². The largest absolute Gasteiger partial charge is 0.457 e. The number of piperidine rings is 1. The summed E-state index contributed by atoms with van der Waals surface area (Å²) in [5.41, 5.74) is 2.26. The van der Waals surface area contributed by atoms with Gasteiger partial charge in [0.05, 0.1) is 0 Å². The lowest BCUT2D eigenvalue weighted by Gasteiger charge is -2.23. The molecule has 0 radical (unpaired) electrons. The van der Waals surface area contributed by atoms with E-state index in [0.717, 1.165) is 55.1 Å². The number of rotatable bonds is 4. The number of hydrogen-bond acceptors (Lipinski definition) is 3. The Morgan fingerprint density at radius 1 is 1.12 bits per heavy atom. The van der Waals surface area contributed by atoms with Gasteiger partial charge in [-0.1, -0.05) is 12.1 Å². The summed E-state index contributed by atoms with van der Waals surface area (Å²) in [5, 5.41) is 6.43. The lowest BCUT2D eigenvalue weighted by molar-refractivity contribution is -0.118. The van der Waals surface area contributed by atoms with E-state index >= 15 is 0 Å². The van der Waals surface area contributed by atoms with Crippen molar-refractivity contribution in [2.75, 3.05) is 18.4 Å². The van der Waals surface area contributed by atoms with Gasteiger partial charge in [-0.2, -0.15) is 0 Å². The van der Waals surface area contributed by atoms with Crippen molar-refractivity contribution in [1.82, 2.24) is 5.32 Å². The van der Waals surface area contributed by atoms with Crippen LogP contribution in [0.2, 0.25) is 0 Å². The van der Waals surface area contributed by atoms with Crippen LogP contribution in [0.1, 0.15) is 24.8 Å². The van der Waals surface area contributed by atoms with E-state index in [1.165, 1.54) is 0 Å². The van der Waals surface area contributed by atoms with E-state index in [4.69, 9.17) is 4.74 Å². The Morgan fingerprint density at radius 3 is 2.60 bits per heavy atom. The summed E-state index contributed by atoms with van der Waals surface area (Å²) >= 11 is 0. The standard InChI is InChI=1S/C21H24N2O2/c1-15-3-2-4-18(13-15)25-17-7-5-16(6-8-17)23-20(24)19-14-21(19)9-11-22-12-10-21/h2-8,13,19,22H,9-12,14H2,1H3,(H,23,24). The molecule has 25 heavy (non-hydrogen) atoms. The van der Waals surface area contributed by atoms with Gasteiger partial charge in [0.1, 0.15) is 11.5 Å². The molecule has 2 fully saturated rings. The molecule has 1 saturated heterocycles. The first kappa shape index (κ1) is 16.2. The number of anilines is 1. The first-order valence-corrected chi connectivity index (χ1v) is 9.01. The van der Waals surface area contributed by atoms with E-state index in [2.05, 4.69) is 10.6 Å². The quantitative estimate of drug-likeness (QED) is 0.883. The Bertz CT molecular complexity index is 764. The molecule has 2 N–H and O–H groups in total. The third-order valence-corrected chi connectivity index (χ3v) is 5.45. The lowest BCUT2D eigenvalue weighted by atomic mass is 9.92. The van der Waals surface area contributed by atoms with Crippen molar-refractivity contribution in [3.63, 3.8) is 0 Å². The molecule has 0 aromatic heterocycles. The van der Waals surface area contributed by atoms with Gasteiger partial charge in [0.25, 0.3) is 0 Å². The van der Waals surface area contributed by atoms with Crippen molar-refractivity contribution in [3.8, 4) is 11.5 Å². The predicted octanol–water partition coefficient (Wildman–Crippen LogP) is 4.12. The third-order valence-electron chi connectivity index (χ3n) is 5.45. The minimum Gasteiger partial charge on any atom is -0.457 e. The molecule has 1 amide bonds. The zero-order valence-corrected chi connectivity index (χ0v) is 14.5. The van der Waals surface area contributed by atoms with Crippen LogP contribution < -0.4 is 15.4 Å². The minimum absolute atomic E-state index is 0.161. The molecule has 130 valence electrons. The molecule has 1 saturated carbocycles. The first-order valence-electron chi connectivity index (χ1n) is 9.01. The highest BCUT2D eigenvalue weighted by Crippen LogP contribution is 2.58. The number of ether oxygens (including phenoxy) is 1. The summed E-state index contributed by atoms with van der Waals surface area (Å²) in [6, 6.07) is 15.6. The van der Waals surface area contributed by atoms with Gasteiger partial charge < -0.3 is 15.4 Å². The molecule has 0 bridgehead atoms. The number of amides is 1. The average molecular weight is 336 g/mol.